The first-order valence-electron chi connectivity index (χ1n) is 3.96. The Morgan fingerprint density at radius 1 is 1.85 bits per heavy atom. The summed E-state index contributed by atoms with van der Waals surface area (Å²) < 4.78 is 0. The van der Waals surface area contributed by atoms with E-state index in [1.54, 1.807) is 5.51 Å². The van der Waals surface area contributed by atoms with Gasteiger partial charge < -0.3 is 10.4 Å². The van der Waals surface area contributed by atoms with Crippen molar-refractivity contribution in [1.29, 1.82) is 0 Å². The van der Waals surface area contributed by atoms with Gasteiger partial charge in [-0.15, -0.1) is 11.3 Å². The molecule has 0 saturated heterocycles. The van der Waals surface area contributed by atoms with E-state index in [0.29, 0.717) is 6.54 Å². The normalized spacial score (nSPS) is 12.5. The zero-order valence-corrected chi connectivity index (χ0v) is 8.39. The number of thiazole rings is 1. The lowest BCUT2D eigenvalue weighted by Crippen LogP contribution is -2.31. The molecule has 0 spiro atoms. The van der Waals surface area contributed by atoms with Crippen LogP contribution in [0.15, 0.2) is 5.51 Å². The second-order valence-corrected chi connectivity index (χ2v) is 3.69. The van der Waals surface area contributed by atoms with Crippen LogP contribution >= 0.6 is 11.3 Å². The Hall–Kier alpha value is -0.940. The summed E-state index contributed by atoms with van der Waals surface area (Å²) in [6, 6.07) is 0. The van der Waals surface area contributed by atoms with Gasteiger partial charge >= 0.3 is 0 Å². The van der Waals surface area contributed by atoms with Crippen LogP contribution in [0, 0.1) is 6.92 Å². The van der Waals surface area contributed by atoms with Crippen molar-refractivity contribution in [3.63, 3.8) is 0 Å². The van der Waals surface area contributed by atoms with Crippen LogP contribution in [0.25, 0.3) is 0 Å². The number of nitrogens with zero attached hydrogens (tertiary/aromatic N) is 1. The Labute approximate surface area is 80.6 Å². The molecule has 0 radical (unpaired) electrons. The lowest BCUT2D eigenvalue weighted by atomic mass is 10.3. The number of hydrogen-bond acceptors (Lipinski definition) is 4. The van der Waals surface area contributed by atoms with Gasteiger partial charge in [-0.3, -0.25) is 4.79 Å². The number of aryl methyl sites for hydroxylation is 1. The van der Waals surface area contributed by atoms with E-state index in [-0.39, 0.29) is 5.91 Å². The van der Waals surface area contributed by atoms with Crippen molar-refractivity contribution in [3.8, 4) is 0 Å². The van der Waals surface area contributed by atoms with Gasteiger partial charge in [-0.25, -0.2) is 4.98 Å². The van der Waals surface area contributed by atoms with Gasteiger partial charge in [0.2, 0.25) is 5.91 Å². The van der Waals surface area contributed by atoms with Gasteiger partial charge in [0, 0.05) is 4.88 Å². The molecule has 4 nitrogen and oxygen atoms in total. The fourth-order valence-corrected chi connectivity index (χ4v) is 1.53. The highest BCUT2D eigenvalue weighted by Gasteiger charge is 2.09. The molecular formula is C8H12N2O2S. The summed E-state index contributed by atoms with van der Waals surface area (Å²) in [5.74, 6) is -0.354. The van der Waals surface area contributed by atoms with Gasteiger partial charge in [0.05, 0.1) is 17.7 Å². The predicted octanol–water partition coefficient (Wildman–Crippen LogP) is 0.449. The first-order chi connectivity index (χ1) is 6.11. The fourth-order valence-electron chi connectivity index (χ4n) is 0.811. The number of amides is 1. The Balaban J connectivity index is 2.44. The Kier molecular flexibility index (Phi) is 3.39. The SMILES string of the molecule is Cc1ncsc1CNC(=O)[C@@H](C)O. The van der Waals surface area contributed by atoms with Crippen LogP contribution in [0.5, 0.6) is 0 Å². The van der Waals surface area contributed by atoms with Gasteiger partial charge in [-0.05, 0) is 13.8 Å². The van der Waals surface area contributed by atoms with Crippen molar-refractivity contribution in [2.75, 3.05) is 0 Å². The van der Waals surface area contributed by atoms with Gasteiger partial charge in [-0.2, -0.15) is 0 Å². The van der Waals surface area contributed by atoms with Crippen LogP contribution < -0.4 is 5.32 Å². The van der Waals surface area contributed by atoms with E-state index in [2.05, 4.69) is 10.3 Å². The largest absolute Gasteiger partial charge is 0.384 e. The molecule has 0 unspecified atom stereocenters. The number of nitrogens with one attached hydrogen (secondary N) is 1. The van der Waals surface area contributed by atoms with E-state index in [1.165, 1.54) is 18.3 Å². The molecule has 0 aromatic carbocycles. The lowest BCUT2D eigenvalue weighted by Gasteiger charge is -2.05. The van der Waals surface area contributed by atoms with Gasteiger partial charge in [-0.1, -0.05) is 0 Å². The third-order valence-corrected chi connectivity index (χ3v) is 2.58. The molecule has 5 heteroatoms. The summed E-state index contributed by atoms with van der Waals surface area (Å²) in [6.07, 6.45) is -0.951. The number of hydrogen-bond donors (Lipinski definition) is 2. The standard InChI is InChI=1S/C8H12N2O2S/c1-5-7(13-4-10-5)3-9-8(12)6(2)11/h4,6,11H,3H2,1-2H3,(H,9,12)/t6-/m1/s1. The predicted molar refractivity (Wildman–Crippen MR) is 50.4 cm³/mol. The first kappa shape index (κ1) is 10.1. The molecule has 1 amide bonds. The Morgan fingerprint density at radius 3 is 3.00 bits per heavy atom. The number of carbonyl (C=O) groups excluding carboxylic acids is 1. The maximum Gasteiger partial charge on any atom is 0.248 e. The first-order valence-corrected chi connectivity index (χ1v) is 4.84. The molecule has 1 aromatic rings. The quantitative estimate of drug-likeness (QED) is 0.744. The maximum absolute atomic E-state index is 11.0. The number of carbonyl (C=O) groups is 1. The van der Waals surface area contributed by atoms with E-state index in [1.807, 2.05) is 6.92 Å². The monoisotopic (exact) mass is 200 g/mol. The molecule has 1 rings (SSSR count). The molecule has 1 aromatic heterocycles. The molecular weight excluding hydrogens is 188 g/mol. The van der Waals surface area contributed by atoms with Crippen LogP contribution in [0.4, 0.5) is 0 Å². The molecule has 13 heavy (non-hydrogen) atoms. The molecule has 1 atom stereocenters. The third kappa shape index (κ3) is 2.78. The number of aliphatic hydroxyl groups is 1. The highest BCUT2D eigenvalue weighted by atomic mass is 32.1. The average Bonchev–Trinajstić information content (AvgIpc) is 2.47. The minimum atomic E-state index is -0.951. The number of rotatable bonds is 3. The van der Waals surface area contributed by atoms with Crippen LogP contribution in [-0.4, -0.2) is 22.1 Å². The average molecular weight is 200 g/mol. The van der Waals surface area contributed by atoms with Crippen molar-refractivity contribution >= 4 is 17.2 Å². The molecule has 0 fully saturated rings. The highest BCUT2D eigenvalue weighted by molar-refractivity contribution is 7.09. The summed E-state index contributed by atoms with van der Waals surface area (Å²) in [5.41, 5.74) is 2.66. The van der Waals surface area contributed by atoms with Gasteiger partial charge in [0.25, 0.3) is 0 Å². The molecule has 0 aliphatic carbocycles. The van der Waals surface area contributed by atoms with Crippen LogP contribution in [0.2, 0.25) is 0 Å². The van der Waals surface area contributed by atoms with E-state index in [9.17, 15) is 4.79 Å². The summed E-state index contributed by atoms with van der Waals surface area (Å²) in [4.78, 5) is 16.0. The summed E-state index contributed by atoms with van der Waals surface area (Å²) in [7, 11) is 0. The molecule has 72 valence electrons. The summed E-state index contributed by atoms with van der Waals surface area (Å²) in [6.45, 7) is 3.77. The second kappa shape index (κ2) is 4.34. The lowest BCUT2D eigenvalue weighted by molar-refractivity contribution is -0.128. The van der Waals surface area contributed by atoms with Gasteiger partial charge in [0.1, 0.15) is 6.10 Å². The van der Waals surface area contributed by atoms with Crippen LogP contribution in [0.1, 0.15) is 17.5 Å². The number of aromatic nitrogens is 1. The summed E-state index contributed by atoms with van der Waals surface area (Å²) in [5, 5.41) is 11.5. The van der Waals surface area contributed by atoms with E-state index < -0.39 is 6.10 Å². The molecule has 2 N–H and O–H groups in total. The zero-order chi connectivity index (χ0) is 9.84. The highest BCUT2D eigenvalue weighted by Crippen LogP contribution is 2.10. The summed E-state index contributed by atoms with van der Waals surface area (Å²) >= 11 is 1.50. The van der Waals surface area contributed by atoms with Crippen molar-refractivity contribution in [2.45, 2.75) is 26.5 Å². The Morgan fingerprint density at radius 2 is 2.54 bits per heavy atom. The minimum absolute atomic E-state index is 0.354. The van der Waals surface area contributed by atoms with E-state index >= 15 is 0 Å². The molecule has 0 aliphatic rings. The van der Waals surface area contributed by atoms with Crippen LogP contribution in [-0.2, 0) is 11.3 Å². The van der Waals surface area contributed by atoms with E-state index in [0.717, 1.165) is 10.6 Å². The second-order valence-electron chi connectivity index (χ2n) is 2.75. The topological polar surface area (TPSA) is 62.2 Å². The maximum atomic E-state index is 11.0. The number of aliphatic hydroxyl groups excluding tert-OH is 1. The van der Waals surface area contributed by atoms with Crippen LogP contribution in [0.3, 0.4) is 0 Å². The Bertz CT molecular complexity index is 296. The van der Waals surface area contributed by atoms with Crippen molar-refractivity contribution in [3.05, 3.63) is 16.1 Å². The molecule has 0 aliphatic heterocycles. The van der Waals surface area contributed by atoms with Crippen molar-refractivity contribution in [2.24, 2.45) is 0 Å². The fraction of sp³-hybridized carbons (Fsp3) is 0.500. The molecule has 1 heterocycles. The minimum Gasteiger partial charge on any atom is -0.384 e. The smallest absolute Gasteiger partial charge is 0.248 e. The van der Waals surface area contributed by atoms with Gasteiger partial charge in [0.15, 0.2) is 0 Å². The molecule has 0 bridgehead atoms. The third-order valence-electron chi connectivity index (χ3n) is 1.65. The van der Waals surface area contributed by atoms with E-state index in [4.69, 9.17) is 5.11 Å². The zero-order valence-electron chi connectivity index (χ0n) is 7.57. The van der Waals surface area contributed by atoms with Crippen molar-refractivity contribution in [1.82, 2.24) is 10.3 Å². The molecule has 0 saturated carbocycles. The van der Waals surface area contributed by atoms with Crippen molar-refractivity contribution < 1.29 is 9.90 Å².